The van der Waals surface area contributed by atoms with Gasteiger partial charge in [-0.1, -0.05) is 12.1 Å². The van der Waals surface area contributed by atoms with Crippen molar-refractivity contribution in [2.75, 3.05) is 0 Å². The fourth-order valence-electron chi connectivity index (χ4n) is 1.73. The van der Waals surface area contributed by atoms with Crippen LogP contribution in [0.3, 0.4) is 0 Å². The van der Waals surface area contributed by atoms with E-state index in [4.69, 9.17) is 10.7 Å². The number of benzene rings is 1. The van der Waals surface area contributed by atoms with Crippen molar-refractivity contribution in [3.63, 3.8) is 0 Å². The van der Waals surface area contributed by atoms with E-state index in [1.54, 1.807) is 19.1 Å². The van der Waals surface area contributed by atoms with Crippen LogP contribution in [0, 0.1) is 12.7 Å². The van der Waals surface area contributed by atoms with Crippen LogP contribution in [0.4, 0.5) is 4.39 Å². The third-order valence-electron chi connectivity index (χ3n) is 2.70. The number of hydrogen-bond acceptors (Lipinski definition) is 2. The first-order valence-electron chi connectivity index (χ1n) is 4.59. The van der Waals surface area contributed by atoms with Crippen molar-refractivity contribution in [2.45, 2.75) is 24.5 Å². The molecule has 0 saturated heterocycles. The third-order valence-corrected chi connectivity index (χ3v) is 4.63. The molecule has 0 N–H and O–H groups in total. The normalized spacial score (nSPS) is 25.3. The topological polar surface area (TPSA) is 34.1 Å². The van der Waals surface area contributed by atoms with Crippen LogP contribution in [0.15, 0.2) is 18.2 Å². The Morgan fingerprint density at radius 2 is 2.13 bits per heavy atom. The van der Waals surface area contributed by atoms with Crippen molar-refractivity contribution in [1.82, 2.24) is 0 Å². The van der Waals surface area contributed by atoms with Crippen molar-refractivity contribution < 1.29 is 12.8 Å². The molecule has 1 aliphatic rings. The van der Waals surface area contributed by atoms with Crippen LogP contribution in [0.1, 0.15) is 23.5 Å². The second kappa shape index (κ2) is 3.46. The number of halogens is 2. The number of rotatable bonds is 2. The molecule has 0 amide bonds. The smallest absolute Gasteiger partial charge is 0.212 e. The monoisotopic (exact) mass is 248 g/mol. The highest BCUT2D eigenvalue weighted by atomic mass is 35.7. The first-order valence-corrected chi connectivity index (χ1v) is 6.96. The van der Waals surface area contributed by atoms with Crippen molar-refractivity contribution in [3.8, 4) is 0 Å². The van der Waals surface area contributed by atoms with Gasteiger partial charge in [0.2, 0.25) is 9.05 Å². The van der Waals surface area contributed by atoms with Gasteiger partial charge in [0.1, 0.15) is 5.82 Å². The van der Waals surface area contributed by atoms with E-state index in [-0.39, 0.29) is 11.7 Å². The summed E-state index contributed by atoms with van der Waals surface area (Å²) in [5.74, 6) is -0.337. The van der Waals surface area contributed by atoms with Gasteiger partial charge in [0.25, 0.3) is 0 Å². The summed E-state index contributed by atoms with van der Waals surface area (Å²) in [6.45, 7) is 1.66. The van der Waals surface area contributed by atoms with Gasteiger partial charge in [0.05, 0.1) is 5.25 Å². The van der Waals surface area contributed by atoms with Crippen LogP contribution in [0.2, 0.25) is 0 Å². The summed E-state index contributed by atoms with van der Waals surface area (Å²) in [5.41, 5.74) is 1.38. The van der Waals surface area contributed by atoms with Crippen molar-refractivity contribution in [2.24, 2.45) is 0 Å². The summed E-state index contributed by atoms with van der Waals surface area (Å²) in [5, 5.41) is -0.496. The van der Waals surface area contributed by atoms with E-state index in [1.807, 2.05) is 0 Å². The molecule has 2 unspecified atom stereocenters. The zero-order chi connectivity index (χ0) is 11.2. The molecule has 82 valence electrons. The lowest BCUT2D eigenvalue weighted by Crippen LogP contribution is -1.99. The molecule has 0 heterocycles. The Hall–Kier alpha value is -0.610. The van der Waals surface area contributed by atoms with Crippen LogP contribution in [0.5, 0.6) is 0 Å². The predicted octanol–water partition coefficient (Wildman–Crippen LogP) is 2.56. The van der Waals surface area contributed by atoms with E-state index < -0.39 is 14.3 Å². The second-order valence-corrected chi connectivity index (χ2v) is 6.71. The van der Waals surface area contributed by atoms with Crippen molar-refractivity contribution in [3.05, 3.63) is 35.1 Å². The zero-order valence-corrected chi connectivity index (χ0v) is 9.65. The maximum atomic E-state index is 13.0. The number of aryl methyl sites for hydroxylation is 1. The minimum absolute atomic E-state index is 0.0631. The Morgan fingerprint density at radius 3 is 2.60 bits per heavy atom. The Bertz CT molecular complexity index is 498. The standard InChI is InChI=1S/C10H10ClFO2S/c1-6-4-7(2-3-9(6)12)8-5-10(8)15(11,13)14/h2-4,8,10H,5H2,1H3. The van der Waals surface area contributed by atoms with Gasteiger partial charge in [-0.25, -0.2) is 12.8 Å². The quantitative estimate of drug-likeness (QED) is 0.754. The SMILES string of the molecule is Cc1cc(C2CC2S(=O)(=O)Cl)ccc1F. The van der Waals surface area contributed by atoms with Gasteiger partial charge in [-0.15, -0.1) is 0 Å². The van der Waals surface area contributed by atoms with Gasteiger partial charge < -0.3 is 0 Å². The molecule has 0 radical (unpaired) electrons. The fourth-order valence-corrected chi connectivity index (χ4v) is 3.31. The maximum Gasteiger partial charge on any atom is 0.236 e. The minimum Gasteiger partial charge on any atom is -0.212 e. The molecule has 1 aliphatic carbocycles. The highest BCUT2D eigenvalue weighted by molar-refractivity contribution is 8.14. The second-order valence-electron chi connectivity index (χ2n) is 3.86. The Morgan fingerprint density at radius 1 is 1.47 bits per heavy atom. The average molecular weight is 249 g/mol. The zero-order valence-electron chi connectivity index (χ0n) is 8.07. The van der Waals surface area contributed by atoms with Crippen LogP contribution in [-0.2, 0) is 9.05 Å². The van der Waals surface area contributed by atoms with E-state index in [1.165, 1.54) is 6.07 Å². The Balaban J connectivity index is 2.24. The largest absolute Gasteiger partial charge is 0.236 e. The molecular weight excluding hydrogens is 239 g/mol. The molecule has 1 fully saturated rings. The van der Waals surface area contributed by atoms with Crippen molar-refractivity contribution >= 4 is 19.7 Å². The van der Waals surface area contributed by atoms with E-state index >= 15 is 0 Å². The van der Waals surface area contributed by atoms with Gasteiger partial charge in [-0.2, -0.15) is 0 Å². The number of hydrogen-bond donors (Lipinski definition) is 0. The molecule has 0 aromatic heterocycles. The predicted molar refractivity (Wildman–Crippen MR) is 57.1 cm³/mol. The van der Waals surface area contributed by atoms with Crippen molar-refractivity contribution in [1.29, 1.82) is 0 Å². The lowest BCUT2D eigenvalue weighted by atomic mass is 10.1. The van der Waals surface area contributed by atoms with Crippen LogP contribution < -0.4 is 0 Å². The molecule has 2 rings (SSSR count). The van der Waals surface area contributed by atoms with E-state index in [0.717, 1.165) is 5.56 Å². The molecule has 5 heteroatoms. The molecular formula is C10H10ClFO2S. The Kier molecular flexibility index (Phi) is 2.51. The summed E-state index contributed by atoms with van der Waals surface area (Å²) >= 11 is 0. The van der Waals surface area contributed by atoms with E-state index in [0.29, 0.717) is 12.0 Å². The molecule has 15 heavy (non-hydrogen) atoms. The molecule has 0 bridgehead atoms. The van der Waals surface area contributed by atoms with Crippen LogP contribution in [-0.4, -0.2) is 13.7 Å². The molecule has 2 atom stereocenters. The molecule has 1 saturated carbocycles. The Labute approximate surface area is 92.5 Å². The fraction of sp³-hybridized carbons (Fsp3) is 0.400. The summed E-state index contributed by atoms with van der Waals surface area (Å²) in [6, 6.07) is 4.66. The summed E-state index contributed by atoms with van der Waals surface area (Å²) in [4.78, 5) is 0. The van der Waals surface area contributed by atoms with Crippen LogP contribution in [0.25, 0.3) is 0 Å². The first-order chi connectivity index (χ1) is 6.89. The lowest BCUT2D eigenvalue weighted by molar-refractivity contribution is 0.607. The van der Waals surface area contributed by atoms with Gasteiger partial charge in [0, 0.05) is 16.6 Å². The summed E-state index contributed by atoms with van der Waals surface area (Å²) in [6.07, 6.45) is 0.539. The highest BCUT2D eigenvalue weighted by Gasteiger charge is 2.47. The van der Waals surface area contributed by atoms with Gasteiger partial charge in [0.15, 0.2) is 0 Å². The first kappa shape index (κ1) is 10.9. The highest BCUT2D eigenvalue weighted by Crippen LogP contribution is 2.47. The molecule has 0 aliphatic heterocycles. The molecule has 1 aromatic rings. The maximum absolute atomic E-state index is 13.0. The van der Waals surface area contributed by atoms with E-state index in [2.05, 4.69) is 0 Å². The summed E-state index contributed by atoms with van der Waals surface area (Å²) < 4.78 is 35.0. The molecule has 2 nitrogen and oxygen atoms in total. The third kappa shape index (κ3) is 2.16. The minimum atomic E-state index is -3.47. The van der Waals surface area contributed by atoms with Gasteiger partial charge >= 0.3 is 0 Å². The van der Waals surface area contributed by atoms with Gasteiger partial charge in [-0.3, -0.25) is 0 Å². The summed E-state index contributed by atoms with van der Waals surface area (Å²) in [7, 11) is 1.77. The molecule has 1 aromatic carbocycles. The van der Waals surface area contributed by atoms with Crippen LogP contribution >= 0.6 is 10.7 Å². The molecule has 0 spiro atoms. The average Bonchev–Trinajstić information content (AvgIpc) is 2.87. The van der Waals surface area contributed by atoms with Gasteiger partial charge in [-0.05, 0) is 30.5 Å². The lowest BCUT2D eigenvalue weighted by Gasteiger charge is -2.01. The van der Waals surface area contributed by atoms with E-state index in [9.17, 15) is 12.8 Å².